The van der Waals surface area contributed by atoms with Crippen molar-refractivity contribution in [2.75, 3.05) is 0 Å². The molecule has 0 radical (unpaired) electrons. The number of hydrogen-bond acceptors (Lipinski definition) is 7. The minimum absolute atomic E-state index is 0.0833. The molecule has 3 rings (SSSR count). The SMILES string of the molecule is C=CC(=C)CC[C@]1(C)[C@H](C)C[C@H](C(=O)/C=C\C=C/CCCCC)[C@]23C(=C[C@H](O)C[C@@H]12)[C@@H](OC(C)=O)O[C@H]3OC(C)=O. The molecule has 7 nitrogen and oxygen atoms in total. The summed E-state index contributed by atoms with van der Waals surface area (Å²) in [7, 11) is 0. The van der Waals surface area contributed by atoms with Crippen molar-refractivity contribution in [1.82, 2.24) is 0 Å². The molecule has 2 aliphatic carbocycles. The van der Waals surface area contributed by atoms with Gasteiger partial charge in [-0.15, -0.1) is 0 Å². The molecule has 2 fully saturated rings. The highest BCUT2D eigenvalue weighted by molar-refractivity contribution is 5.93. The molecule has 7 heteroatoms. The van der Waals surface area contributed by atoms with Gasteiger partial charge in [-0.25, -0.2) is 0 Å². The molecule has 1 spiro atoms. The molecule has 1 aliphatic heterocycles. The average Bonchev–Trinajstić information content (AvgIpc) is 3.19. The van der Waals surface area contributed by atoms with Crippen LogP contribution in [0.25, 0.3) is 0 Å². The van der Waals surface area contributed by atoms with Gasteiger partial charge in [0.2, 0.25) is 12.6 Å². The first kappa shape index (κ1) is 32.7. The molecular formula is C34H48O7. The number of aliphatic hydroxyl groups is 1. The number of aliphatic hydroxyl groups excluding tert-OH is 1. The number of carbonyl (C=O) groups is 3. The predicted molar refractivity (Wildman–Crippen MR) is 158 cm³/mol. The van der Waals surface area contributed by atoms with E-state index >= 15 is 0 Å². The van der Waals surface area contributed by atoms with Crippen LogP contribution in [0, 0.1) is 28.6 Å². The number of esters is 2. The summed E-state index contributed by atoms with van der Waals surface area (Å²) in [5.74, 6) is -2.09. The number of hydrogen-bond donors (Lipinski definition) is 1. The molecule has 8 atom stereocenters. The third kappa shape index (κ3) is 6.83. The van der Waals surface area contributed by atoms with E-state index in [1.807, 2.05) is 6.08 Å². The van der Waals surface area contributed by atoms with Gasteiger partial charge in [0, 0.05) is 25.3 Å². The van der Waals surface area contributed by atoms with E-state index in [1.54, 1.807) is 24.3 Å². The summed E-state index contributed by atoms with van der Waals surface area (Å²) in [5.41, 5.74) is -0.0961. The molecule has 0 aromatic carbocycles. The van der Waals surface area contributed by atoms with Crippen LogP contribution in [-0.4, -0.2) is 41.5 Å². The monoisotopic (exact) mass is 568 g/mol. The second-order valence-corrected chi connectivity index (χ2v) is 12.2. The molecule has 0 amide bonds. The first-order valence-electron chi connectivity index (χ1n) is 15.0. The number of unbranched alkanes of at least 4 members (excludes halogenated alkanes) is 3. The molecule has 0 aromatic heterocycles. The van der Waals surface area contributed by atoms with Crippen molar-refractivity contribution in [2.45, 2.75) is 105 Å². The molecule has 41 heavy (non-hydrogen) atoms. The Hall–Kier alpha value is -2.77. The third-order valence-electron chi connectivity index (χ3n) is 9.55. The van der Waals surface area contributed by atoms with E-state index in [4.69, 9.17) is 14.2 Å². The van der Waals surface area contributed by atoms with Crippen LogP contribution in [0.4, 0.5) is 0 Å². The Kier molecular flexibility index (Phi) is 11.1. The Morgan fingerprint density at radius 3 is 2.49 bits per heavy atom. The van der Waals surface area contributed by atoms with Crippen LogP contribution in [0.1, 0.15) is 86.0 Å². The van der Waals surface area contributed by atoms with Crippen molar-refractivity contribution < 1.29 is 33.7 Å². The predicted octanol–water partition coefficient (Wildman–Crippen LogP) is 6.54. The zero-order chi connectivity index (χ0) is 30.4. The average molecular weight is 569 g/mol. The van der Waals surface area contributed by atoms with E-state index in [-0.39, 0.29) is 23.0 Å². The van der Waals surface area contributed by atoms with Gasteiger partial charge in [0.25, 0.3) is 0 Å². The second-order valence-electron chi connectivity index (χ2n) is 12.2. The fourth-order valence-electron chi connectivity index (χ4n) is 7.30. The van der Waals surface area contributed by atoms with Gasteiger partial charge >= 0.3 is 11.9 Å². The number of ketones is 1. The van der Waals surface area contributed by atoms with Crippen LogP contribution >= 0.6 is 0 Å². The number of ether oxygens (including phenoxy) is 3. The highest BCUT2D eigenvalue weighted by atomic mass is 16.8. The second kappa shape index (κ2) is 13.9. The van der Waals surface area contributed by atoms with E-state index in [9.17, 15) is 19.5 Å². The fourth-order valence-corrected chi connectivity index (χ4v) is 7.30. The molecule has 3 aliphatic rings. The molecule has 226 valence electrons. The Balaban J connectivity index is 2.14. The normalized spacial score (nSPS) is 34.5. The van der Waals surface area contributed by atoms with Gasteiger partial charge in [-0.3, -0.25) is 19.1 Å². The first-order valence-corrected chi connectivity index (χ1v) is 15.0. The third-order valence-corrected chi connectivity index (χ3v) is 9.55. The van der Waals surface area contributed by atoms with Gasteiger partial charge in [0.1, 0.15) is 0 Å². The highest BCUT2D eigenvalue weighted by Gasteiger charge is 2.72. The molecule has 0 unspecified atom stereocenters. The highest BCUT2D eigenvalue weighted by Crippen LogP contribution is 2.69. The fraction of sp³-hybridized carbons (Fsp3) is 0.618. The van der Waals surface area contributed by atoms with Gasteiger partial charge in [-0.1, -0.05) is 76.6 Å². The van der Waals surface area contributed by atoms with Crippen molar-refractivity contribution >= 4 is 17.7 Å². The maximum Gasteiger partial charge on any atom is 0.305 e. The topological polar surface area (TPSA) is 99.1 Å². The minimum atomic E-state index is -1.17. The van der Waals surface area contributed by atoms with Crippen LogP contribution in [0.3, 0.4) is 0 Å². The molecule has 0 aromatic rings. The Bertz CT molecular complexity index is 1100. The van der Waals surface area contributed by atoms with Crippen molar-refractivity contribution in [2.24, 2.45) is 28.6 Å². The zero-order valence-corrected chi connectivity index (χ0v) is 25.4. The Labute approximate surface area is 245 Å². The van der Waals surface area contributed by atoms with Crippen LogP contribution in [0.2, 0.25) is 0 Å². The largest absolute Gasteiger partial charge is 0.435 e. The Morgan fingerprint density at radius 1 is 1.15 bits per heavy atom. The molecule has 1 heterocycles. The van der Waals surface area contributed by atoms with Crippen LogP contribution in [-0.2, 0) is 28.6 Å². The standard InChI is InChI=1S/C34H48O7/c1-8-10-11-12-13-14-15-16-29(38)27-19-23(4)33(7,18-17-22(3)9-2)30-21-26(37)20-28-31(39-24(5)35)41-32(34(27,28)30)40-25(6)36/h9,13-16,20,23,26-27,30-32,37H,2-3,8,10-12,17-19,21H2,1,4-7H3/b14-13-,16-15-/t23-,26+,27-,30+,31+,32-,33-,34+/m1/s1. The van der Waals surface area contributed by atoms with Gasteiger partial charge < -0.3 is 14.6 Å². The molecule has 1 saturated carbocycles. The van der Waals surface area contributed by atoms with E-state index < -0.39 is 42.0 Å². The van der Waals surface area contributed by atoms with Crippen molar-refractivity contribution in [3.63, 3.8) is 0 Å². The van der Waals surface area contributed by atoms with E-state index in [0.717, 1.165) is 37.7 Å². The lowest BCUT2D eigenvalue weighted by Gasteiger charge is -2.61. The van der Waals surface area contributed by atoms with Crippen molar-refractivity contribution in [3.8, 4) is 0 Å². The number of allylic oxidation sites excluding steroid dienone is 6. The maximum absolute atomic E-state index is 14.1. The maximum atomic E-state index is 14.1. The summed E-state index contributed by atoms with van der Waals surface area (Å²) in [6.45, 7) is 17.0. The molecule has 1 saturated heterocycles. The summed E-state index contributed by atoms with van der Waals surface area (Å²) in [6, 6.07) is 0. The van der Waals surface area contributed by atoms with E-state index in [2.05, 4.69) is 40.0 Å². The van der Waals surface area contributed by atoms with Gasteiger partial charge in [0.15, 0.2) is 5.78 Å². The lowest BCUT2D eigenvalue weighted by Crippen LogP contribution is -2.62. The van der Waals surface area contributed by atoms with Crippen LogP contribution in [0.15, 0.2) is 60.8 Å². The van der Waals surface area contributed by atoms with Crippen molar-refractivity contribution in [3.05, 3.63) is 60.8 Å². The van der Waals surface area contributed by atoms with Crippen LogP contribution < -0.4 is 0 Å². The smallest absolute Gasteiger partial charge is 0.305 e. The first-order chi connectivity index (χ1) is 19.4. The minimum Gasteiger partial charge on any atom is -0.435 e. The molecule has 0 bridgehead atoms. The summed E-state index contributed by atoms with van der Waals surface area (Å²) in [6.07, 6.45) is 14.2. The van der Waals surface area contributed by atoms with Crippen molar-refractivity contribution in [1.29, 1.82) is 0 Å². The van der Waals surface area contributed by atoms with Gasteiger partial charge in [-0.05, 0) is 67.9 Å². The van der Waals surface area contributed by atoms with E-state index in [1.165, 1.54) is 13.8 Å². The number of carbonyl (C=O) groups excluding carboxylic acids is 3. The van der Waals surface area contributed by atoms with E-state index in [0.29, 0.717) is 24.8 Å². The van der Waals surface area contributed by atoms with Gasteiger partial charge in [-0.2, -0.15) is 0 Å². The summed E-state index contributed by atoms with van der Waals surface area (Å²) < 4.78 is 17.6. The number of rotatable bonds is 13. The summed E-state index contributed by atoms with van der Waals surface area (Å²) in [4.78, 5) is 38.6. The van der Waals surface area contributed by atoms with Crippen LogP contribution in [0.5, 0.6) is 0 Å². The summed E-state index contributed by atoms with van der Waals surface area (Å²) >= 11 is 0. The summed E-state index contributed by atoms with van der Waals surface area (Å²) in [5, 5.41) is 11.1. The quantitative estimate of drug-likeness (QED) is 0.0886. The molecular weight excluding hydrogens is 520 g/mol. The Morgan fingerprint density at radius 2 is 1.85 bits per heavy atom. The van der Waals surface area contributed by atoms with Gasteiger partial charge in [0.05, 0.1) is 11.5 Å². The lowest BCUT2D eigenvalue weighted by molar-refractivity contribution is -0.244. The molecule has 1 N–H and O–H groups in total. The lowest BCUT2D eigenvalue weighted by atomic mass is 9.42. The zero-order valence-electron chi connectivity index (χ0n) is 25.4.